The van der Waals surface area contributed by atoms with Crippen LogP contribution in [0.5, 0.6) is 0 Å². The van der Waals surface area contributed by atoms with E-state index >= 15 is 0 Å². The van der Waals surface area contributed by atoms with Crippen LogP contribution in [0.3, 0.4) is 0 Å². The fourth-order valence-corrected chi connectivity index (χ4v) is 12.9. The molecule has 10 heterocycles. The molecule has 6 aliphatic rings. The van der Waals surface area contributed by atoms with Crippen molar-refractivity contribution >= 4 is 71.7 Å². The predicted octanol–water partition coefficient (Wildman–Crippen LogP) is 8.70. The highest BCUT2D eigenvalue weighted by molar-refractivity contribution is 8.15. The number of amidine groups is 1. The Morgan fingerprint density at radius 1 is 0.717 bits per heavy atom. The molecule has 10 nitrogen and oxygen atoms in total. The Morgan fingerprint density at radius 2 is 1.23 bits per heavy atom. The molecule has 0 N–H and O–H groups in total. The summed E-state index contributed by atoms with van der Waals surface area (Å²) in [5.41, 5.74) is 0.725. The van der Waals surface area contributed by atoms with E-state index in [4.69, 9.17) is 9.73 Å². The van der Waals surface area contributed by atoms with Crippen LogP contribution in [-0.2, 0) is 17.6 Å². The Kier molecular flexibility index (Phi) is 11.5. The van der Waals surface area contributed by atoms with Crippen molar-refractivity contribution in [2.45, 2.75) is 82.3 Å². The molecule has 5 fully saturated rings. The number of nitrogens with zero attached hydrogens (tertiary/aromatic N) is 9. The zero-order valence-electron chi connectivity index (χ0n) is 34.0. The Labute approximate surface area is 358 Å². The lowest BCUT2D eigenvalue weighted by Crippen LogP contribution is -2.61. The third-order valence-corrected chi connectivity index (χ3v) is 16.2. The van der Waals surface area contributed by atoms with Crippen molar-refractivity contribution < 1.29 is 31.1 Å². The van der Waals surface area contributed by atoms with E-state index in [-0.39, 0.29) is 4.75 Å². The maximum atomic E-state index is 12.8. The van der Waals surface area contributed by atoms with Crippen molar-refractivity contribution in [3.05, 3.63) is 34.5 Å². The van der Waals surface area contributed by atoms with Crippen molar-refractivity contribution in [3.8, 4) is 0 Å². The summed E-state index contributed by atoms with van der Waals surface area (Å²) in [6, 6.07) is 3.25. The summed E-state index contributed by atoms with van der Waals surface area (Å²) in [5, 5.41) is 2.68. The molecule has 0 saturated carbocycles. The molecule has 4 aromatic heterocycles. The monoisotopic (exact) mass is 895 g/mol. The van der Waals surface area contributed by atoms with Crippen molar-refractivity contribution in [2.75, 3.05) is 88.5 Å². The molecule has 1 atom stereocenters. The second-order valence-electron chi connectivity index (χ2n) is 18.4. The maximum Gasteiger partial charge on any atom is 0.393 e. The smallest absolute Gasteiger partial charge is 0.381 e. The van der Waals surface area contributed by atoms with Crippen LogP contribution in [0.4, 0.5) is 38.0 Å². The average molecular weight is 896 g/mol. The third-order valence-electron chi connectivity index (χ3n) is 12.9. The number of fused-ring (bicyclic) bond motifs is 2. The molecule has 19 heteroatoms. The van der Waals surface area contributed by atoms with Crippen molar-refractivity contribution in [2.24, 2.45) is 21.7 Å². The topological polar surface area (TPSA) is 86.1 Å². The predicted molar refractivity (Wildman–Crippen MR) is 228 cm³/mol. The van der Waals surface area contributed by atoms with Crippen LogP contribution in [0.1, 0.15) is 62.1 Å². The molecule has 4 aromatic rings. The molecule has 326 valence electrons. The summed E-state index contributed by atoms with van der Waals surface area (Å²) in [5.74, 6) is 2.23. The minimum atomic E-state index is -4.21. The summed E-state index contributed by atoms with van der Waals surface area (Å²) < 4.78 is 82.5. The molecule has 60 heavy (non-hydrogen) atoms. The fourth-order valence-electron chi connectivity index (χ4n) is 9.86. The molecule has 0 aliphatic carbocycles. The number of hydrogen-bond donors (Lipinski definition) is 0. The molecule has 0 amide bonds. The summed E-state index contributed by atoms with van der Waals surface area (Å²) in [4.78, 5) is 33.3. The molecule has 2 spiro atoms. The van der Waals surface area contributed by atoms with E-state index in [9.17, 15) is 26.3 Å². The normalized spacial score (nSPS) is 24.1. The number of hydrogen-bond acceptors (Lipinski definition) is 13. The third kappa shape index (κ3) is 9.49. The van der Waals surface area contributed by atoms with Gasteiger partial charge in [0.2, 0.25) is 0 Å². The zero-order valence-corrected chi connectivity index (χ0v) is 36.4. The van der Waals surface area contributed by atoms with Gasteiger partial charge in [-0.2, -0.15) is 26.3 Å². The van der Waals surface area contributed by atoms with Gasteiger partial charge in [0.25, 0.3) is 0 Å². The highest BCUT2D eigenvalue weighted by Gasteiger charge is 2.48. The van der Waals surface area contributed by atoms with E-state index in [0.29, 0.717) is 36.2 Å². The maximum absolute atomic E-state index is 12.8. The number of thioether (sulfide) groups is 1. The van der Waals surface area contributed by atoms with E-state index in [1.165, 1.54) is 30.7 Å². The molecule has 0 bridgehead atoms. The number of likely N-dealkylation sites (tertiary alicyclic amines) is 2. The minimum Gasteiger partial charge on any atom is -0.381 e. The van der Waals surface area contributed by atoms with Gasteiger partial charge in [0.05, 0.1) is 36.8 Å². The Balaban J connectivity index is 0.000000154. The standard InChI is InChI=1S/C21H27F3N4OS.C20H24F3N5S2/c22-21(23,24)9-16-8-17-18(25-14-26-19(17)30-16)28-5-3-20(4-6-28)12-27(13-20)10-15-2-1-7-29-11-15;1-18(2)9-24-17(30-18)28-10-19(11-28)3-5-27(6-4-19)15-14-7-13(8-20(21,22)23)29-16(14)26-12-25-15/h8,14-15H,1-7,9-13H2;7,12H,3-6,8-11H2,1-2H3. The van der Waals surface area contributed by atoms with Gasteiger partial charge in [-0.05, 0) is 75.8 Å². The minimum absolute atomic E-state index is 0.200. The largest absolute Gasteiger partial charge is 0.393 e. The first kappa shape index (κ1) is 42.3. The number of aromatic nitrogens is 4. The molecule has 10 rings (SSSR count). The first-order valence-corrected chi connectivity index (χ1v) is 23.3. The van der Waals surface area contributed by atoms with Crippen molar-refractivity contribution in [1.29, 1.82) is 0 Å². The van der Waals surface area contributed by atoms with E-state index in [0.717, 1.165) is 149 Å². The van der Waals surface area contributed by atoms with Crippen LogP contribution < -0.4 is 9.80 Å². The fraction of sp³-hybridized carbons (Fsp3) is 0.683. The SMILES string of the molecule is CC1(C)CN=C(N2CC3(CCN(c4ncnc5sc(CC(F)(F)F)cc45)CC3)C2)S1.FC(F)(F)Cc1cc2c(N3CCC4(CC3)CN(CC3CCCOC3)C4)ncnc2s1. The van der Waals surface area contributed by atoms with Crippen molar-refractivity contribution in [3.63, 3.8) is 0 Å². The number of alkyl halides is 6. The van der Waals surface area contributed by atoms with Gasteiger partial charge in [-0.3, -0.25) is 4.99 Å². The number of piperidine rings is 2. The lowest BCUT2D eigenvalue weighted by molar-refractivity contribution is -0.127. The molecule has 5 saturated heterocycles. The number of thiophene rings is 2. The van der Waals surface area contributed by atoms with Gasteiger partial charge in [0.15, 0.2) is 5.17 Å². The summed E-state index contributed by atoms with van der Waals surface area (Å²) in [7, 11) is 0. The first-order chi connectivity index (χ1) is 28.5. The van der Waals surface area contributed by atoms with Crippen LogP contribution in [0.2, 0.25) is 0 Å². The summed E-state index contributed by atoms with van der Waals surface area (Å²) in [6.07, 6.45) is -0.478. The molecule has 1 unspecified atom stereocenters. The summed E-state index contributed by atoms with van der Waals surface area (Å²) in [6.45, 7) is 16.3. The quantitative estimate of drug-likeness (QED) is 0.175. The van der Waals surface area contributed by atoms with Gasteiger partial charge in [0, 0.05) is 85.4 Å². The van der Waals surface area contributed by atoms with Crippen LogP contribution in [0.15, 0.2) is 29.8 Å². The van der Waals surface area contributed by atoms with Crippen LogP contribution in [0, 0.1) is 16.7 Å². The number of ether oxygens (including phenoxy) is 1. The van der Waals surface area contributed by atoms with Gasteiger partial charge in [-0.15, -0.1) is 22.7 Å². The summed E-state index contributed by atoms with van der Waals surface area (Å²) >= 11 is 4.11. The van der Waals surface area contributed by atoms with E-state index < -0.39 is 25.2 Å². The molecular formula is C41H51F6N9OS3. The van der Waals surface area contributed by atoms with Crippen LogP contribution >= 0.6 is 34.4 Å². The first-order valence-electron chi connectivity index (χ1n) is 20.9. The van der Waals surface area contributed by atoms with Crippen molar-refractivity contribution in [1.82, 2.24) is 29.7 Å². The van der Waals surface area contributed by atoms with Gasteiger partial charge in [0.1, 0.15) is 34.0 Å². The molecular weight excluding hydrogens is 845 g/mol. The highest BCUT2D eigenvalue weighted by atomic mass is 32.2. The Morgan fingerprint density at radius 3 is 1.68 bits per heavy atom. The molecule has 6 aliphatic heterocycles. The lowest BCUT2D eigenvalue weighted by Gasteiger charge is -2.55. The van der Waals surface area contributed by atoms with Crippen LogP contribution in [0.25, 0.3) is 20.4 Å². The lowest BCUT2D eigenvalue weighted by atomic mass is 9.71. The Hall–Kier alpha value is -3.00. The number of rotatable bonds is 6. The Bertz CT molecular complexity index is 2170. The molecule has 0 radical (unpaired) electrons. The zero-order chi connectivity index (χ0) is 41.9. The van der Waals surface area contributed by atoms with Crippen LogP contribution in [-0.4, -0.2) is 131 Å². The van der Waals surface area contributed by atoms with E-state index in [2.05, 4.69) is 53.4 Å². The van der Waals surface area contributed by atoms with Gasteiger partial charge in [-0.1, -0.05) is 11.8 Å². The average Bonchev–Trinajstić information content (AvgIpc) is 3.88. The second kappa shape index (κ2) is 16.3. The highest BCUT2D eigenvalue weighted by Crippen LogP contribution is 2.46. The molecule has 0 aromatic carbocycles. The second-order valence-corrected chi connectivity index (χ2v) is 22.3. The number of halogens is 6. The van der Waals surface area contributed by atoms with Gasteiger partial charge < -0.3 is 24.3 Å². The van der Waals surface area contributed by atoms with Gasteiger partial charge >= 0.3 is 12.4 Å². The number of aliphatic imine (C=N–C) groups is 1. The van der Waals surface area contributed by atoms with E-state index in [1.54, 1.807) is 12.1 Å². The van der Waals surface area contributed by atoms with E-state index in [1.807, 2.05) is 11.8 Å². The number of anilines is 2. The van der Waals surface area contributed by atoms with Gasteiger partial charge in [-0.25, -0.2) is 19.9 Å².